The number of thiophene rings is 1. The van der Waals surface area contributed by atoms with Crippen LogP contribution in [0.15, 0.2) is 4.52 Å². The van der Waals surface area contributed by atoms with Crippen molar-refractivity contribution in [2.45, 2.75) is 19.5 Å². The maximum atomic E-state index is 12.4. The normalized spacial score (nSPS) is 12.5. The molecule has 0 atom stereocenters. The lowest BCUT2D eigenvalue weighted by Gasteiger charge is -1.98. The van der Waals surface area contributed by atoms with Crippen molar-refractivity contribution in [2.24, 2.45) is 0 Å². The average molecular weight is 236 g/mol. The molecule has 0 aliphatic carbocycles. The number of hydrogen-bond acceptors (Lipinski definition) is 4. The number of fused-ring (bicyclic) bond motifs is 1. The summed E-state index contributed by atoms with van der Waals surface area (Å²) in [6.07, 6.45) is -3.91. The van der Waals surface area contributed by atoms with Crippen molar-refractivity contribution in [3.8, 4) is 0 Å². The van der Waals surface area contributed by atoms with Gasteiger partial charge in [-0.3, -0.25) is 0 Å². The molecule has 0 unspecified atom stereocenters. The van der Waals surface area contributed by atoms with Gasteiger partial charge in [-0.25, -0.2) is 0 Å². The van der Waals surface area contributed by atoms with Crippen LogP contribution >= 0.6 is 11.3 Å². The molecule has 82 valence electrons. The number of nitrogens with zero attached hydrogens (tertiary/aromatic N) is 1. The molecule has 7 heteroatoms. The van der Waals surface area contributed by atoms with E-state index in [0.29, 0.717) is 11.3 Å². The number of nitrogen functional groups attached to an aromatic ring is 1. The second-order valence-electron chi connectivity index (χ2n) is 2.98. The highest BCUT2D eigenvalue weighted by Gasteiger charge is 2.38. The van der Waals surface area contributed by atoms with Crippen molar-refractivity contribution in [3.63, 3.8) is 0 Å². The maximum absolute atomic E-state index is 12.4. The van der Waals surface area contributed by atoms with Crippen LogP contribution in [0.2, 0.25) is 0 Å². The number of anilines is 1. The topological polar surface area (TPSA) is 52.0 Å². The van der Waals surface area contributed by atoms with E-state index >= 15 is 0 Å². The number of aryl methyl sites for hydroxylation is 1. The lowest BCUT2D eigenvalue weighted by atomic mass is 10.3. The molecule has 0 spiro atoms. The van der Waals surface area contributed by atoms with E-state index in [9.17, 15) is 13.2 Å². The van der Waals surface area contributed by atoms with Gasteiger partial charge in [-0.15, -0.1) is 11.3 Å². The predicted octanol–water partition coefficient (Wildman–Crippen LogP) is 3.05. The third-order valence-corrected chi connectivity index (χ3v) is 3.35. The molecule has 0 amide bonds. The quantitative estimate of drug-likeness (QED) is 0.827. The summed E-state index contributed by atoms with van der Waals surface area (Å²) in [6, 6.07) is 0. The first-order valence-electron chi connectivity index (χ1n) is 4.18. The predicted molar refractivity (Wildman–Crippen MR) is 50.7 cm³/mol. The Balaban J connectivity index is 2.70. The van der Waals surface area contributed by atoms with Crippen molar-refractivity contribution < 1.29 is 17.7 Å². The van der Waals surface area contributed by atoms with E-state index in [1.165, 1.54) is 0 Å². The standard InChI is InChI=1S/C8H7F3N2OS/c1-2-3-4(12)5-6(15-3)7(13-14-5)8(9,10)11/h2,12H2,1H3. The number of halogens is 3. The minimum atomic E-state index is -4.49. The van der Waals surface area contributed by atoms with E-state index in [4.69, 9.17) is 5.73 Å². The fourth-order valence-electron chi connectivity index (χ4n) is 1.30. The first-order chi connectivity index (χ1) is 6.95. The largest absolute Gasteiger partial charge is 0.438 e. The van der Waals surface area contributed by atoms with Gasteiger partial charge in [-0.05, 0) is 6.42 Å². The molecule has 2 aromatic heterocycles. The van der Waals surface area contributed by atoms with Crippen LogP contribution < -0.4 is 5.73 Å². The highest BCUT2D eigenvalue weighted by Crippen LogP contribution is 2.41. The van der Waals surface area contributed by atoms with Crippen molar-refractivity contribution in [1.29, 1.82) is 0 Å². The summed E-state index contributed by atoms with van der Waals surface area (Å²) < 4.78 is 41.9. The Hall–Kier alpha value is -1.24. The Morgan fingerprint density at radius 2 is 2.13 bits per heavy atom. The van der Waals surface area contributed by atoms with Crippen LogP contribution in [-0.2, 0) is 12.6 Å². The fraction of sp³-hybridized carbons (Fsp3) is 0.375. The fourth-order valence-corrected chi connectivity index (χ4v) is 2.38. The van der Waals surface area contributed by atoms with Crippen LogP contribution in [0.3, 0.4) is 0 Å². The van der Waals surface area contributed by atoms with Crippen molar-refractivity contribution in [1.82, 2.24) is 5.16 Å². The van der Waals surface area contributed by atoms with Crippen molar-refractivity contribution in [2.75, 3.05) is 5.73 Å². The zero-order chi connectivity index (χ0) is 11.2. The molecule has 0 aliphatic rings. The van der Waals surface area contributed by atoms with E-state index in [2.05, 4.69) is 9.68 Å². The van der Waals surface area contributed by atoms with Crippen LogP contribution in [0.1, 0.15) is 17.5 Å². The summed E-state index contributed by atoms with van der Waals surface area (Å²) >= 11 is 0.983. The molecule has 0 aromatic carbocycles. The molecule has 0 radical (unpaired) electrons. The molecule has 2 rings (SSSR count). The molecule has 2 aromatic rings. The lowest BCUT2D eigenvalue weighted by molar-refractivity contribution is -0.141. The third-order valence-electron chi connectivity index (χ3n) is 2.01. The first kappa shape index (κ1) is 10.3. The smallest absolute Gasteiger partial charge is 0.395 e. The Kier molecular flexibility index (Phi) is 2.14. The van der Waals surface area contributed by atoms with Gasteiger partial charge in [0.1, 0.15) is 4.70 Å². The number of rotatable bonds is 1. The van der Waals surface area contributed by atoms with Gasteiger partial charge in [-0.2, -0.15) is 13.2 Å². The van der Waals surface area contributed by atoms with E-state index < -0.39 is 11.9 Å². The minimum absolute atomic E-state index is 0.0168. The summed E-state index contributed by atoms with van der Waals surface area (Å²) in [6.45, 7) is 1.82. The van der Waals surface area contributed by atoms with Gasteiger partial charge in [0.2, 0.25) is 11.3 Å². The molecule has 0 saturated carbocycles. The summed E-state index contributed by atoms with van der Waals surface area (Å²) in [5.74, 6) is 0. The van der Waals surface area contributed by atoms with E-state index in [-0.39, 0.29) is 16.0 Å². The maximum Gasteiger partial charge on any atom is 0.438 e. The molecule has 0 saturated heterocycles. The Morgan fingerprint density at radius 1 is 1.47 bits per heavy atom. The molecule has 0 bridgehead atoms. The summed E-state index contributed by atoms with van der Waals surface area (Å²) in [5, 5.41) is 2.99. The zero-order valence-corrected chi connectivity index (χ0v) is 8.50. The highest BCUT2D eigenvalue weighted by atomic mass is 32.1. The minimum Gasteiger partial charge on any atom is -0.395 e. The van der Waals surface area contributed by atoms with Gasteiger partial charge >= 0.3 is 6.18 Å². The van der Waals surface area contributed by atoms with E-state index in [0.717, 1.165) is 11.3 Å². The van der Waals surface area contributed by atoms with Crippen LogP contribution in [-0.4, -0.2) is 5.16 Å². The molecular formula is C8H7F3N2OS. The molecule has 0 fully saturated rings. The third kappa shape index (κ3) is 1.46. The van der Waals surface area contributed by atoms with Crippen molar-refractivity contribution >= 4 is 27.3 Å². The summed E-state index contributed by atoms with van der Waals surface area (Å²) in [5.41, 5.74) is 4.93. The summed E-state index contributed by atoms with van der Waals surface area (Å²) in [7, 11) is 0. The Morgan fingerprint density at radius 3 is 2.67 bits per heavy atom. The van der Waals surface area contributed by atoms with Gasteiger partial charge in [0.15, 0.2) is 0 Å². The number of aromatic nitrogens is 1. The number of nitrogens with two attached hydrogens (primary N) is 1. The van der Waals surface area contributed by atoms with Gasteiger partial charge < -0.3 is 10.3 Å². The van der Waals surface area contributed by atoms with Gasteiger partial charge in [-0.1, -0.05) is 12.1 Å². The molecule has 2 N–H and O–H groups in total. The molecule has 0 aliphatic heterocycles. The highest BCUT2D eigenvalue weighted by molar-refractivity contribution is 7.19. The molecule has 3 nitrogen and oxygen atoms in total. The van der Waals surface area contributed by atoms with E-state index in [1.807, 2.05) is 6.92 Å². The SMILES string of the molecule is CCc1sc2c(C(F)(F)F)noc2c1N. The van der Waals surface area contributed by atoms with Gasteiger partial charge in [0.25, 0.3) is 0 Å². The second kappa shape index (κ2) is 3.13. The lowest BCUT2D eigenvalue weighted by Crippen LogP contribution is -2.04. The first-order valence-corrected chi connectivity index (χ1v) is 5.00. The zero-order valence-electron chi connectivity index (χ0n) is 7.68. The van der Waals surface area contributed by atoms with Crippen LogP contribution in [0.4, 0.5) is 18.9 Å². The van der Waals surface area contributed by atoms with Crippen LogP contribution in [0.25, 0.3) is 10.3 Å². The Bertz CT molecular complexity index is 500. The molecular weight excluding hydrogens is 229 g/mol. The van der Waals surface area contributed by atoms with Crippen LogP contribution in [0, 0.1) is 0 Å². The molecule has 15 heavy (non-hydrogen) atoms. The van der Waals surface area contributed by atoms with Crippen LogP contribution in [0.5, 0.6) is 0 Å². The second-order valence-corrected chi connectivity index (χ2v) is 4.08. The average Bonchev–Trinajstić information content (AvgIpc) is 2.65. The molecule has 2 heterocycles. The Labute approximate surface area is 86.7 Å². The van der Waals surface area contributed by atoms with Gasteiger partial charge in [0, 0.05) is 4.88 Å². The number of hydrogen-bond donors (Lipinski definition) is 1. The van der Waals surface area contributed by atoms with Crippen molar-refractivity contribution in [3.05, 3.63) is 10.6 Å². The van der Waals surface area contributed by atoms with E-state index in [1.54, 1.807) is 0 Å². The monoisotopic (exact) mass is 236 g/mol. The summed E-state index contributed by atoms with van der Waals surface area (Å²) in [4.78, 5) is 0.691. The van der Waals surface area contributed by atoms with Gasteiger partial charge in [0.05, 0.1) is 5.69 Å². The number of alkyl halides is 3.